The van der Waals surface area contributed by atoms with Gasteiger partial charge in [-0.05, 0) is 11.6 Å². The first-order valence-electron chi connectivity index (χ1n) is 9.04. The Balaban J connectivity index is 1.95. The van der Waals surface area contributed by atoms with Crippen LogP contribution in [-0.2, 0) is 25.1 Å². The number of benzene rings is 1. The summed E-state index contributed by atoms with van der Waals surface area (Å²) in [4.78, 5) is 29.6. The van der Waals surface area contributed by atoms with Crippen LogP contribution in [0.4, 0.5) is 0 Å². The van der Waals surface area contributed by atoms with Gasteiger partial charge in [0.2, 0.25) is 0 Å². The van der Waals surface area contributed by atoms with Crippen molar-refractivity contribution in [3.8, 4) is 0 Å². The highest BCUT2D eigenvalue weighted by molar-refractivity contribution is 6.76. The number of imidazole rings is 1. The second kappa shape index (κ2) is 7.65. The largest absolute Gasteiger partial charge is 0.361 e. The van der Waals surface area contributed by atoms with E-state index < -0.39 is 13.8 Å². The fraction of sp³-hybridized carbons (Fsp3) is 0.421. The summed E-state index contributed by atoms with van der Waals surface area (Å²) < 4.78 is 10.1. The predicted molar refractivity (Wildman–Crippen MR) is 109 cm³/mol. The quantitative estimate of drug-likeness (QED) is 0.461. The highest BCUT2D eigenvalue weighted by atomic mass is 28.3. The van der Waals surface area contributed by atoms with E-state index in [0.29, 0.717) is 24.3 Å². The average molecular weight is 387 g/mol. The standard InChI is InChI=1S/C19H26N4O3Si/c1-21-18(24)16-17(20-13-22(16)12-15-8-6-5-7-9-15)23(19(21)25)14-26-10-11-27(2,3)4/h5-9,13H,10-12,14H2,1-4H3. The molecule has 0 radical (unpaired) electrons. The SMILES string of the molecule is Cn1c(=O)c2c(ncn2Cc2ccccc2)n(COCC[Si](C)(C)C)c1=O. The highest BCUT2D eigenvalue weighted by Gasteiger charge is 2.17. The monoisotopic (exact) mass is 386 g/mol. The van der Waals surface area contributed by atoms with E-state index in [4.69, 9.17) is 4.74 Å². The van der Waals surface area contributed by atoms with E-state index in [0.717, 1.165) is 16.2 Å². The first-order valence-corrected chi connectivity index (χ1v) is 12.7. The molecule has 3 rings (SSSR count). The molecule has 2 aromatic heterocycles. The predicted octanol–water partition coefficient (Wildman–Crippen LogP) is 2.26. The van der Waals surface area contributed by atoms with Crippen molar-refractivity contribution >= 4 is 19.2 Å². The van der Waals surface area contributed by atoms with Gasteiger partial charge in [0.05, 0.1) is 6.33 Å². The van der Waals surface area contributed by atoms with Gasteiger partial charge >= 0.3 is 5.69 Å². The second-order valence-corrected chi connectivity index (χ2v) is 13.6. The van der Waals surface area contributed by atoms with E-state index in [2.05, 4.69) is 24.6 Å². The van der Waals surface area contributed by atoms with E-state index in [1.807, 2.05) is 30.3 Å². The molecule has 0 aliphatic rings. The zero-order chi connectivity index (χ0) is 19.6. The van der Waals surface area contributed by atoms with Gasteiger partial charge in [0.1, 0.15) is 6.73 Å². The zero-order valence-electron chi connectivity index (χ0n) is 16.3. The van der Waals surface area contributed by atoms with Crippen LogP contribution in [0, 0.1) is 0 Å². The van der Waals surface area contributed by atoms with E-state index in [-0.39, 0.29) is 12.3 Å². The molecule has 0 atom stereocenters. The number of ether oxygens (including phenoxy) is 1. The molecule has 0 spiro atoms. The van der Waals surface area contributed by atoms with Crippen molar-refractivity contribution in [2.75, 3.05) is 6.61 Å². The minimum absolute atomic E-state index is 0.0935. The molecule has 0 N–H and O–H groups in total. The summed E-state index contributed by atoms with van der Waals surface area (Å²) in [7, 11) is 0.280. The molecule has 0 saturated heterocycles. The number of hydrogen-bond acceptors (Lipinski definition) is 4. The topological polar surface area (TPSA) is 71.1 Å². The average Bonchev–Trinajstić information content (AvgIpc) is 3.02. The van der Waals surface area contributed by atoms with Gasteiger partial charge < -0.3 is 9.30 Å². The lowest BCUT2D eigenvalue weighted by atomic mass is 10.2. The van der Waals surface area contributed by atoms with Crippen molar-refractivity contribution in [3.63, 3.8) is 0 Å². The lowest BCUT2D eigenvalue weighted by Gasteiger charge is -2.16. The van der Waals surface area contributed by atoms with Gasteiger partial charge in [-0.3, -0.25) is 13.9 Å². The molecular formula is C19H26N4O3Si. The molecule has 0 aliphatic heterocycles. The van der Waals surface area contributed by atoms with Crippen molar-refractivity contribution in [3.05, 3.63) is 63.1 Å². The van der Waals surface area contributed by atoms with E-state index >= 15 is 0 Å². The van der Waals surface area contributed by atoms with Gasteiger partial charge in [-0.25, -0.2) is 9.78 Å². The molecular weight excluding hydrogens is 360 g/mol. The van der Waals surface area contributed by atoms with Crippen LogP contribution in [-0.4, -0.2) is 33.4 Å². The number of hydrogen-bond donors (Lipinski definition) is 0. The van der Waals surface area contributed by atoms with Crippen molar-refractivity contribution in [2.45, 2.75) is 39.0 Å². The third-order valence-corrected chi connectivity index (χ3v) is 6.22. The van der Waals surface area contributed by atoms with Gasteiger partial charge in [-0.2, -0.15) is 0 Å². The lowest BCUT2D eigenvalue weighted by molar-refractivity contribution is 0.0857. The van der Waals surface area contributed by atoms with Crippen LogP contribution in [0.15, 0.2) is 46.2 Å². The molecule has 0 saturated carbocycles. The van der Waals surface area contributed by atoms with Crippen LogP contribution in [0.1, 0.15) is 5.56 Å². The first kappa shape index (κ1) is 19.3. The summed E-state index contributed by atoms with van der Waals surface area (Å²) in [6.45, 7) is 8.03. The molecule has 0 bridgehead atoms. The molecule has 0 fully saturated rings. The molecule has 144 valence electrons. The minimum Gasteiger partial charge on any atom is -0.361 e. The molecule has 2 heterocycles. The molecule has 7 nitrogen and oxygen atoms in total. The minimum atomic E-state index is -1.21. The Bertz CT molecular complexity index is 1040. The maximum absolute atomic E-state index is 12.7. The molecule has 1 aromatic carbocycles. The van der Waals surface area contributed by atoms with Gasteiger partial charge in [0.15, 0.2) is 11.2 Å². The van der Waals surface area contributed by atoms with E-state index in [1.54, 1.807) is 10.9 Å². The Morgan fingerprint density at radius 1 is 1.11 bits per heavy atom. The summed E-state index contributed by atoms with van der Waals surface area (Å²) in [5.41, 5.74) is 1.08. The van der Waals surface area contributed by atoms with Gasteiger partial charge in [-0.1, -0.05) is 50.0 Å². The second-order valence-electron chi connectivity index (χ2n) is 7.95. The molecule has 8 heteroatoms. The summed E-state index contributed by atoms with van der Waals surface area (Å²) in [5.74, 6) is 0. The van der Waals surface area contributed by atoms with Crippen LogP contribution in [0.2, 0.25) is 25.7 Å². The van der Waals surface area contributed by atoms with Crippen molar-refractivity contribution in [1.29, 1.82) is 0 Å². The summed E-state index contributed by atoms with van der Waals surface area (Å²) in [5, 5.41) is 0. The van der Waals surface area contributed by atoms with E-state index in [9.17, 15) is 9.59 Å². The Morgan fingerprint density at radius 3 is 2.48 bits per heavy atom. The van der Waals surface area contributed by atoms with Crippen LogP contribution >= 0.6 is 0 Å². The fourth-order valence-electron chi connectivity index (χ4n) is 2.86. The molecule has 3 aromatic rings. The Kier molecular flexibility index (Phi) is 5.47. The summed E-state index contributed by atoms with van der Waals surface area (Å²) in [6, 6.07) is 10.9. The zero-order valence-corrected chi connectivity index (χ0v) is 17.3. The Labute approximate surface area is 158 Å². The molecule has 0 amide bonds. The van der Waals surface area contributed by atoms with Crippen molar-refractivity contribution < 1.29 is 4.74 Å². The fourth-order valence-corrected chi connectivity index (χ4v) is 3.61. The molecule has 0 aliphatic carbocycles. The maximum atomic E-state index is 12.7. The summed E-state index contributed by atoms with van der Waals surface area (Å²) in [6.07, 6.45) is 1.61. The summed E-state index contributed by atoms with van der Waals surface area (Å²) >= 11 is 0. The molecule has 27 heavy (non-hydrogen) atoms. The van der Waals surface area contributed by atoms with Crippen molar-refractivity contribution in [1.82, 2.24) is 18.7 Å². The van der Waals surface area contributed by atoms with Gasteiger partial charge in [0, 0.05) is 28.3 Å². The molecule has 0 unspecified atom stereocenters. The normalized spacial score (nSPS) is 12.0. The van der Waals surface area contributed by atoms with E-state index in [1.165, 1.54) is 11.6 Å². The highest BCUT2D eigenvalue weighted by Crippen LogP contribution is 2.11. The third kappa shape index (κ3) is 4.28. The number of aromatic nitrogens is 4. The van der Waals surface area contributed by atoms with Crippen LogP contribution < -0.4 is 11.2 Å². The van der Waals surface area contributed by atoms with Gasteiger partial charge in [-0.15, -0.1) is 0 Å². The number of rotatable bonds is 7. The van der Waals surface area contributed by atoms with Crippen LogP contribution in [0.3, 0.4) is 0 Å². The van der Waals surface area contributed by atoms with Crippen LogP contribution in [0.25, 0.3) is 11.2 Å². The number of fused-ring (bicyclic) bond motifs is 1. The van der Waals surface area contributed by atoms with Gasteiger partial charge in [0.25, 0.3) is 5.56 Å². The maximum Gasteiger partial charge on any atom is 0.334 e. The van der Waals surface area contributed by atoms with Crippen molar-refractivity contribution in [2.24, 2.45) is 7.05 Å². The third-order valence-electron chi connectivity index (χ3n) is 4.51. The first-order chi connectivity index (χ1) is 12.8. The Hall–Kier alpha value is -2.45. The van der Waals surface area contributed by atoms with Crippen LogP contribution in [0.5, 0.6) is 0 Å². The smallest absolute Gasteiger partial charge is 0.334 e. The Morgan fingerprint density at radius 2 is 1.81 bits per heavy atom. The number of nitrogens with zero attached hydrogens (tertiary/aromatic N) is 4. The lowest BCUT2D eigenvalue weighted by Crippen LogP contribution is -2.39.